The van der Waals surface area contributed by atoms with Crippen molar-refractivity contribution in [2.75, 3.05) is 0 Å². The lowest BCUT2D eigenvalue weighted by atomic mass is 9.97. The molecule has 0 saturated heterocycles. The Morgan fingerprint density at radius 3 is 2.71 bits per heavy atom. The molecule has 0 saturated carbocycles. The Balaban J connectivity index is 2.39. The summed E-state index contributed by atoms with van der Waals surface area (Å²) in [5.41, 5.74) is 5.12. The fourth-order valence-electron chi connectivity index (χ4n) is 2.07. The molecule has 0 unspecified atom stereocenters. The summed E-state index contributed by atoms with van der Waals surface area (Å²) in [7, 11) is 0. The molecule has 0 aliphatic rings. The minimum Gasteiger partial charge on any atom is -0.256 e. The van der Waals surface area contributed by atoms with Crippen molar-refractivity contribution >= 4 is 0 Å². The summed E-state index contributed by atoms with van der Waals surface area (Å²) in [4.78, 5) is 4.45. The van der Waals surface area contributed by atoms with E-state index in [1.54, 1.807) is 0 Å². The molecule has 0 atom stereocenters. The number of aromatic nitrogens is 1. The third-order valence-corrected chi connectivity index (χ3v) is 3.00. The summed E-state index contributed by atoms with van der Waals surface area (Å²) in [5, 5.41) is 0. The molecule has 1 nitrogen and oxygen atoms in total. The molecule has 1 heterocycles. The van der Waals surface area contributed by atoms with Crippen LogP contribution in [0.2, 0.25) is 0 Å². The summed E-state index contributed by atoms with van der Waals surface area (Å²) >= 11 is 0. The van der Waals surface area contributed by atoms with E-state index in [1.165, 1.54) is 29.5 Å². The van der Waals surface area contributed by atoms with E-state index >= 15 is 0 Å². The van der Waals surface area contributed by atoms with E-state index in [-0.39, 0.29) is 0 Å². The van der Waals surface area contributed by atoms with Gasteiger partial charge in [0.2, 0.25) is 0 Å². The van der Waals surface area contributed by atoms with Crippen molar-refractivity contribution in [2.24, 2.45) is 0 Å². The lowest BCUT2D eigenvalue weighted by molar-refractivity contribution is 0.795. The second-order valence-corrected chi connectivity index (χ2v) is 4.48. The number of unbranched alkanes of at least 4 members (excludes halogenated alkanes) is 1. The molecule has 1 heteroatoms. The first-order valence-corrected chi connectivity index (χ1v) is 6.32. The highest BCUT2D eigenvalue weighted by Gasteiger charge is 2.05. The van der Waals surface area contributed by atoms with Gasteiger partial charge in [-0.05, 0) is 37.5 Å². The average molecular weight is 225 g/mol. The predicted octanol–water partition coefficient (Wildman–Crippen LogP) is 4.40. The first-order chi connectivity index (χ1) is 8.31. The highest BCUT2D eigenvalue weighted by Crippen LogP contribution is 2.24. The molecule has 0 amide bonds. The Kier molecular flexibility index (Phi) is 3.92. The molecule has 0 N–H and O–H groups in total. The quantitative estimate of drug-likeness (QED) is 0.751. The molecular weight excluding hydrogens is 206 g/mol. The summed E-state index contributed by atoms with van der Waals surface area (Å²) in [6.07, 6.45) is 5.47. The number of aryl methyl sites for hydroxylation is 2. The third kappa shape index (κ3) is 2.94. The van der Waals surface area contributed by atoms with Crippen LogP contribution in [0.25, 0.3) is 11.3 Å². The van der Waals surface area contributed by atoms with Gasteiger partial charge in [0.25, 0.3) is 0 Å². The number of rotatable bonds is 4. The van der Waals surface area contributed by atoms with Gasteiger partial charge in [-0.2, -0.15) is 0 Å². The lowest BCUT2D eigenvalue weighted by Gasteiger charge is -2.09. The fraction of sp³-hybridized carbons (Fsp3) is 0.312. The van der Waals surface area contributed by atoms with Crippen molar-refractivity contribution in [1.82, 2.24) is 4.98 Å². The van der Waals surface area contributed by atoms with Gasteiger partial charge in [0, 0.05) is 11.8 Å². The van der Waals surface area contributed by atoms with E-state index in [9.17, 15) is 0 Å². The Morgan fingerprint density at radius 1 is 1.12 bits per heavy atom. The Hall–Kier alpha value is -1.63. The van der Waals surface area contributed by atoms with E-state index in [0.29, 0.717) is 0 Å². The molecule has 0 bridgehead atoms. The van der Waals surface area contributed by atoms with Gasteiger partial charge in [-0.3, -0.25) is 4.98 Å². The normalized spacial score (nSPS) is 10.5. The second kappa shape index (κ2) is 5.62. The van der Waals surface area contributed by atoms with Crippen LogP contribution in [0.5, 0.6) is 0 Å². The molecule has 17 heavy (non-hydrogen) atoms. The molecule has 0 aliphatic carbocycles. The number of benzene rings is 1. The maximum Gasteiger partial charge on any atom is 0.0704 e. The first kappa shape index (κ1) is 11.8. The Labute approximate surface area is 104 Å². The van der Waals surface area contributed by atoms with Gasteiger partial charge in [0.1, 0.15) is 0 Å². The Morgan fingerprint density at radius 2 is 2.00 bits per heavy atom. The summed E-state index contributed by atoms with van der Waals surface area (Å²) < 4.78 is 0. The van der Waals surface area contributed by atoms with Gasteiger partial charge in [0.05, 0.1) is 5.69 Å². The number of nitrogens with zero attached hydrogens (tertiary/aromatic N) is 1. The van der Waals surface area contributed by atoms with Crippen molar-refractivity contribution in [3.8, 4) is 11.3 Å². The molecule has 2 rings (SSSR count). The van der Waals surface area contributed by atoms with Crippen LogP contribution in [-0.4, -0.2) is 4.98 Å². The van der Waals surface area contributed by atoms with Gasteiger partial charge in [-0.25, -0.2) is 0 Å². The van der Waals surface area contributed by atoms with E-state index < -0.39 is 0 Å². The average Bonchev–Trinajstić information content (AvgIpc) is 2.37. The van der Waals surface area contributed by atoms with Crippen LogP contribution in [0.15, 0.2) is 42.6 Å². The minimum atomic E-state index is 1.08. The van der Waals surface area contributed by atoms with E-state index in [1.807, 2.05) is 18.3 Å². The first-order valence-electron chi connectivity index (χ1n) is 6.32. The van der Waals surface area contributed by atoms with Crippen LogP contribution < -0.4 is 0 Å². The molecule has 88 valence electrons. The van der Waals surface area contributed by atoms with Gasteiger partial charge in [-0.15, -0.1) is 0 Å². The zero-order valence-electron chi connectivity index (χ0n) is 10.6. The van der Waals surface area contributed by atoms with Gasteiger partial charge in [-0.1, -0.05) is 43.2 Å². The maximum absolute atomic E-state index is 4.45. The summed E-state index contributed by atoms with van der Waals surface area (Å²) in [6.45, 7) is 4.38. The number of pyridine rings is 1. The van der Waals surface area contributed by atoms with Crippen molar-refractivity contribution < 1.29 is 0 Å². The van der Waals surface area contributed by atoms with Crippen LogP contribution in [0, 0.1) is 6.92 Å². The van der Waals surface area contributed by atoms with Crippen LogP contribution in [0.4, 0.5) is 0 Å². The van der Waals surface area contributed by atoms with Crippen LogP contribution in [-0.2, 0) is 6.42 Å². The molecule has 0 spiro atoms. The second-order valence-electron chi connectivity index (χ2n) is 4.48. The standard InChI is InChI=1S/C16H19N/c1-3-4-7-14-12-13(2)9-10-15(14)16-8-5-6-11-17-16/h5-6,8-12H,3-4,7H2,1-2H3. The van der Waals surface area contributed by atoms with E-state index in [2.05, 4.69) is 43.1 Å². The maximum atomic E-state index is 4.45. The lowest BCUT2D eigenvalue weighted by Crippen LogP contribution is -1.93. The van der Waals surface area contributed by atoms with Crippen LogP contribution >= 0.6 is 0 Å². The third-order valence-electron chi connectivity index (χ3n) is 3.00. The largest absolute Gasteiger partial charge is 0.256 e. The van der Waals surface area contributed by atoms with Crippen molar-refractivity contribution in [3.63, 3.8) is 0 Å². The van der Waals surface area contributed by atoms with E-state index in [4.69, 9.17) is 0 Å². The molecule has 0 aliphatic heterocycles. The predicted molar refractivity (Wildman–Crippen MR) is 73.0 cm³/mol. The van der Waals surface area contributed by atoms with E-state index in [0.717, 1.165) is 12.1 Å². The van der Waals surface area contributed by atoms with Crippen LogP contribution in [0.3, 0.4) is 0 Å². The molecule has 1 aromatic heterocycles. The highest BCUT2D eigenvalue weighted by molar-refractivity contribution is 5.64. The Bertz CT molecular complexity index is 474. The fourth-order valence-corrected chi connectivity index (χ4v) is 2.07. The topological polar surface area (TPSA) is 12.9 Å². The van der Waals surface area contributed by atoms with Crippen LogP contribution in [0.1, 0.15) is 30.9 Å². The molecular formula is C16H19N. The number of hydrogen-bond donors (Lipinski definition) is 0. The summed E-state index contributed by atoms with van der Waals surface area (Å²) in [5.74, 6) is 0. The zero-order chi connectivity index (χ0) is 12.1. The monoisotopic (exact) mass is 225 g/mol. The van der Waals surface area contributed by atoms with Gasteiger partial charge in [0.15, 0.2) is 0 Å². The zero-order valence-corrected chi connectivity index (χ0v) is 10.6. The molecule has 0 radical (unpaired) electrons. The van der Waals surface area contributed by atoms with Crippen molar-refractivity contribution in [3.05, 3.63) is 53.7 Å². The smallest absolute Gasteiger partial charge is 0.0704 e. The molecule has 2 aromatic rings. The van der Waals surface area contributed by atoms with Crippen molar-refractivity contribution in [1.29, 1.82) is 0 Å². The minimum absolute atomic E-state index is 1.08. The number of hydrogen-bond acceptors (Lipinski definition) is 1. The molecule has 1 aromatic carbocycles. The highest BCUT2D eigenvalue weighted by atomic mass is 14.7. The van der Waals surface area contributed by atoms with Gasteiger partial charge >= 0.3 is 0 Å². The van der Waals surface area contributed by atoms with Gasteiger partial charge < -0.3 is 0 Å². The SMILES string of the molecule is CCCCc1cc(C)ccc1-c1ccccn1. The van der Waals surface area contributed by atoms with Crippen molar-refractivity contribution in [2.45, 2.75) is 33.1 Å². The summed E-state index contributed by atoms with van der Waals surface area (Å²) in [6, 6.07) is 12.7. The molecule has 0 fully saturated rings.